The fourth-order valence-electron chi connectivity index (χ4n) is 1.56. The summed E-state index contributed by atoms with van der Waals surface area (Å²) in [6.07, 6.45) is 6.63. The zero-order valence-electron chi connectivity index (χ0n) is 8.74. The molecule has 3 nitrogen and oxygen atoms in total. The molecule has 0 radical (unpaired) electrons. The molecule has 1 aliphatic heterocycles. The van der Waals surface area contributed by atoms with Crippen LogP contribution in [0.4, 0.5) is 0 Å². The maximum atomic E-state index is 11.2. The molecule has 15 heavy (non-hydrogen) atoms. The van der Waals surface area contributed by atoms with Gasteiger partial charge >= 0.3 is 0 Å². The van der Waals surface area contributed by atoms with Crippen LogP contribution < -0.4 is 5.32 Å². The molecule has 0 atom stereocenters. The summed E-state index contributed by atoms with van der Waals surface area (Å²) in [6, 6.07) is 0.375. The van der Waals surface area contributed by atoms with Gasteiger partial charge in [-0.25, -0.2) is 8.42 Å². The minimum absolute atomic E-state index is 0.335. The van der Waals surface area contributed by atoms with Crippen LogP contribution in [0.5, 0.6) is 0 Å². The fourth-order valence-corrected chi connectivity index (χ4v) is 3.58. The summed E-state index contributed by atoms with van der Waals surface area (Å²) in [5, 5.41) is 3.36. The Morgan fingerprint density at radius 1 is 1.40 bits per heavy atom. The Morgan fingerprint density at radius 3 is 2.67 bits per heavy atom. The molecule has 0 aliphatic carbocycles. The van der Waals surface area contributed by atoms with E-state index in [0.29, 0.717) is 17.5 Å². The lowest BCUT2D eigenvalue weighted by Crippen LogP contribution is -2.38. The standard InChI is InChI=1S/C10H17NO2S2/c1-2-6-14-7-5-11-10-3-8-15(12,13)9-4-10/h1,10-11H,3-9H2. The van der Waals surface area contributed by atoms with Crippen LogP contribution in [0.15, 0.2) is 0 Å². The molecular weight excluding hydrogens is 230 g/mol. The van der Waals surface area contributed by atoms with Crippen LogP contribution in [-0.4, -0.2) is 44.0 Å². The van der Waals surface area contributed by atoms with Gasteiger partial charge in [-0.1, -0.05) is 5.92 Å². The van der Waals surface area contributed by atoms with Crippen molar-refractivity contribution in [3.8, 4) is 12.3 Å². The molecule has 1 rings (SSSR count). The maximum Gasteiger partial charge on any atom is 0.150 e. The SMILES string of the molecule is C#CCSCCNC1CCS(=O)(=O)CC1. The van der Waals surface area contributed by atoms with Gasteiger partial charge in [-0.3, -0.25) is 0 Å². The molecule has 0 saturated carbocycles. The monoisotopic (exact) mass is 247 g/mol. The Balaban J connectivity index is 2.07. The van der Waals surface area contributed by atoms with Crippen LogP contribution in [0.3, 0.4) is 0 Å². The highest BCUT2D eigenvalue weighted by molar-refractivity contribution is 7.99. The van der Waals surface area contributed by atoms with Crippen LogP contribution in [0.2, 0.25) is 0 Å². The van der Waals surface area contributed by atoms with Gasteiger partial charge in [-0.05, 0) is 12.8 Å². The van der Waals surface area contributed by atoms with E-state index < -0.39 is 9.84 Å². The average Bonchev–Trinajstić information content (AvgIpc) is 2.20. The van der Waals surface area contributed by atoms with E-state index in [-0.39, 0.29) is 0 Å². The molecule has 0 aromatic heterocycles. The van der Waals surface area contributed by atoms with Gasteiger partial charge < -0.3 is 5.32 Å². The second-order valence-electron chi connectivity index (χ2n) is 3.64. The first-order valence-corrected chi connectivity index (χ1v) is 8.07. The quantitative estimate of drug-likeness (QED) is 0.568. The Bertz CT molecular complexity index is 305. The van der Waals surface area contributed by atoms with Crippen molar-refractivity contribution < 1.29 is 8.42 Å². The van der Waals surface area contributed by atoms with E-state index in [1.165, 1.54) is 0 Å². The van der Waals surface area contributed by atoms with Crippen LogP contribution in [0, 0.1) is 12.3 Å². The fraction of sp³-hybridized carbons (Fsp3) is 0.800. The van der Waals surface area contributed by atoms with Crippen molar-refractivity contribution in [1.29, 1.82) is 0 Å². The van der Waals surface area contributed by atoms with Crippen molar-refractivity contribution in [2.75, 3.05) is 29.6 Å². The Hall–Kier alpha value is -0.180. The molecule has 5 heteroatoms. The summed E-state index contributed by atoms with van der Waals surface area (Å²) in [5.41, 5.74) is 0. The molecule has 86 valence electrons. The molecular formula is C10H17NO2S2. The molecule has 0 spiro atoms. The van der Waals surface area contributed by atoms with Crippen molar-refractivity contribution in [2.45, 2.75) is 18.9 Å². The number of hydrogen-bond acceptors (Lipinski definition) is 4. The van der Waals surface area contributed by atoms with Gasteiger partial charge in [0.25, 0.3) is 0 Å². The van der Waals surface area contributed by atoms with Gasteiger partial charge in [0.05, 0.1) is 17.3 Å². The zero-order chi connectivity index (χ0) is 11.1. The summed E-state index contributed by atoms with van der Waals surface area (Å²) < 4.78 is 22.3. The van der Waals surface area contributed by atoms with Crippen molar-refractivity contribution in [3.05, 3.63) is 0 Å². The highest BCUT2D eigenvalue weighted by Gasteiger charge is 2.22. The topological polar surface area (TPSA) is 46.2 Å². The van der Waals surface area contributed by atoms with Gasteiger partial charge in [0.1, 0.15) is 9.84 Å². The molecule has 0 aromatic carbocycles. The van der Waals surface area contributed by atoms with Gasteiger partial charge in [0, 0.05) is 18.3 Å². The number of thioether (sulfide) groups is 1. The average molecular weight is 247 g/mol. The molecule has 1 N–H and O–H groups in total. The van der Waals surface area contributed by atoms with Gasteiger partial charge in [-0.2, -0.15) is 0 Å². The summed E-state index contributed by atoms with van der Waals surface area (Å²) in [7, 11) is -2.73. The summed E-state index contributed by atoms with van der Waals surface area (Å²) in [5.74, 6) is 4.99. The Morgan fingerprint density at radius 2 is 2.07 bits per heavy atom. The van der Waals surface area contributed by atoms with E-state index in [2.05, 4.69) is 11.2 Å². The third-order valence-electron chi connectivity index (χ3n) is 2.42. The van der Waals surface area contributed by atoms with Crippen LogP contribution in [0.1, 0.15) is 12.8 Å². The van der Waals surface area contributed by atoms with Gasteiger partial charge in [0.15, 0.2) is 0 Å². The first-order chi connectivity index (χ1) is 7.14. The summed E-state index contributed by atoms with van der Waals surface area (Å²) >= 11 is 1.72. The second kappa shape index (κ2) is 6.41. The first-order valence-electron chi connectivity index (χ1n) is 5.09. The van der Waals surface area contributed by atoms with E-state index in [9.17, 15) is 8.42 Å². The molecule has 1 heterocycles. The number of hydrogen-bond donors (Lipinski definition) is 1. The predicted molar refractivity (Wildman–Crippen MR) is 65.8 cm³/mol. The van der Waals surface area contributed by atoms with Gasteiger partial charge in [-0.15, -0.1) is 18.2 Å². The van der Waals surface area contributed by atoms with Crippen molar-refractivity contribution in [3.63, 3.8) is 0 Å². The molecule has 0 aromatic rings. The third-order valence-corrected chi connectivity index (χ3v) is 5.00. The first kappa shape index (κ1) is 12.9. The molecule has 0 unspecified atom stereocenters. The summed E-state index contributed by atoms with van der Waals surface area (Å²) in [4.78, 5) is 0. The second-order valence-corrected chi connectivity index (χ2v) is 7.05. The zero-order valence-corrected chi connectivity index (χ0v) is 10.4. The minimum Gasteiger partial charge on any atom is -0.313 e. The van der Waals surface area contributed by atoms with E-state index in [1.807, 2.05) is 0 Å². The lowest BCUT2D eigenvalue weighted by molar-refractivity contribution is 0.476. The highest BCUT2D eigenvalue weighted by atomic mass is 32.2. The number of rotatable bonds is 5. The lowest BCUT2D eigenvalue weighted by Gasteiger charge is -2.22. The number of terminal acetylenes is 1. The molecule has 0 bridgehead atoms. The van der Waals surface area contributed by atoms with Crippen LogP contribution in [0.25, 0.3) is 0 Å². The van der Waals surface area contributed by atoms with Crippen molar-refractivity contribution >= 4 is 21.6 Å². The Labute approximate surface area is 96.3 Å². The number of sulfone groups is 1. The lowest BCUT2D eigenvalue weighted by atomic mass is 10.1. The van der Waals surface area contributed by atoms with Crippen LogP contribution >= 0.6 is 11.8 Å². The molecule has 0 amide bonds. The normalized spacial score (nSPS) is 21.0. The molecule has 1 aliphatic rings. The minimum atomic E-state index is -2.73. The number of nitrogens with one attached hydrogen (secondary N) is 1. The molecule has 1 saturated heterocycles. The van der Waals surface area contributed by atoms with E-state index in [4.69, 9.17) is 6.42 Å². The van der Waals surface area contributed by atoms with Crippen molar-refractivity contribution in [2.24, 2.45) is 0 Å². The smallest absolute Gasteiger partial charge is 0.150 e. The Kier molecular flexibility index (Phi) is 5.51. The van der Waals surface area contributed by atoms with E-state index in [0.717, 1.165) is 30.9 Å². The van der Waals surface area contributed by atoms with E-state index >= 15 is 0 Å². The maximum absolute atomic E-state index is 11.2. The predicted octanol–water partition coefficient (Wildman–Crippen LogP) is 0.520. The third kappa shape index (κ3) is 5.45. The largest absolute Gasteiger partial charge is 0.313 e. The molecule has 1 fully saturated rings. The van der Waals surface area contributed by atoms with Crippen molar-refractivity contribution in [1.82, 2.24) is 5.32 Å². The van der Waals surface area contributed by atoms with Crippen LogP contribution in [-0.2, 0) is 9.84 Å². The highest BCUT2D eigenvalue weighted by Crippen LogP contribution is 2.12. The van der Waals surface area contributed by atoms with E-state index in [1.54, 1.807) is 11.8 Å². The summed E-state index contributed by atoms with van der Waals surface area (Å²) in [6.45, 7) is 0.914. The van der Waals surface area contributed by atoms with Gasteiger partial charge in [0.2, 0.25) is 0 Å².